The molecule has 2 aromatic rings. The number of hydrogen-bond donors (Lipinski definition) is 3. The highest BCUT2D eigenvalue weighted by Gasteiger charge is 2.12. The molecule has 0 bridgehead atoms. The number of aliphatic carboxylic acids is 1. The summed E-state index contributed by atoms with van der Waals surface area (Å²) in [6.07, 6.45) is 0.783. The number of hydrogen-bond acceptors (Lipinski definition) is 3. The summed E-state index contributed by atoms with van der Waals surface area (Å²) in [4.78, 5) is 22.5. The van der Waals surface area contributed by atoms with E-state index in [0.29, 0.717) is 13.0 Å². The first-order chi connectivity index (χ1) is 10.1. The van der Waals surface area contributed by atoms with Crippen LogP contribution in [0.15, 0.2) is 29.6 Å². The number of urea groups is 1. The first-order valence-electron chi connectivity index (χ1n) is 6.82. The zero-order chi connectivity index (χ0) is 15.2. The van der Waals surface area contributed by atoms with E-state index in [1.165, 1.54) is 4.70 Å². The highest BCUT2D eigenvalue weighted by Crippen LogP contribution is 2.23. The predicted octanol–water partition coefficient (Wildman–Crippen LogP) is 3.52. The van der Waals surface area contributed by atoms with Crippen LogP contribution in [0.2, 0.25) is 0 Å². The van der Waals surface area contributed by atoms with Crippen molar-refractivity contribution in [1.29, 1.82) is 0 Å². The molecule has 0 aliphatic carbocycles. The van der Waals surface area contributed by atoms with E-state index in [9.17, 15) is 9.59 Å². The number of benzene rings is 1. The summed E-state index contributed by atoms with van der Waals surface area (Å²) < 4.78 is 1.17. The second kappa shape index (κ2) is 7.08. The summed E-state index contributed by atoms with van der Waals surface area (Å²) >= 11 is 1.65. The van der Waals surface area contributed by atoms with Crippen LogP contribution in [0, 0.1) is 5.92 Å². The topological polar surface area (TPSA) is 78.4 Å². The molecule has 21 heavy (non-hydrogen) atoms. The first-order valence-corrected chi connectivity index (χ1v) is 7.70. The van der Waals surface area contributed by atoms with Crippen molar-refractivity contribution in [2.24, 2.45) is 5.92 Å². The van der Waals surface area contributed by atoms with E-state index in [-0.39, 0.29) is 18.4 Å². The smallest absolute Gasteiger partial charge is 0.319 e. The Morgan fingerprint density at radius 1 is 1.33 bits per heavy atom. The summed E-state index contributed by atoms with van der Waals surface area (Å²) in [6.45, 7) is 2.27. The van der Waals surface area contributed by atoms with E-state index in [1.807, 2.05) is 36.6 Å². The molecule has 5 nitrogen and oxygen atoms in total. The van der Waals surface area contributed by atoms with Gasteiger partial charge < -0.3 is 15.7 Å². The highest BCUT2D eigenvalue weighted by molar-refractivity contribution is 7.17. The Labute approximate surface area is 127 Å². The fraction of sp³-hybridized carbons (Fsp3) is 0.333. The Balaban J connectivity index is 1.87. The van der Waals surface area contributed by atoms with Crippen LogP contribution in [-0.4, -0.2) is 23.7 Å². The molecule has 2 rings (SSSR count). The van der Waals surface area contributed by atoms with Crippen molar-refractivity contribution in [3.63, 3.8) is 0 Å². The first kappa shape index (κ1) is 15.3. The Hall–Kier alpha value is -2.08. The van der Waals surface area contributed by atoms with Crippen molar-refractivity contribution >= 4 is 39.1 Å². The minimum atomic E-state index is -0.841. The SMILES string of the molecule is CCC(CNC(=O)Nc1ccc2sccc2c1)CC(=O)O. The normalized spacial score (nSPS) is 12.0. The lowest BCUT2D eigenvalue weighted by Gasteiger charge is -2.14. The summed E-state index contributed by atoms with van der Waals surface area (Å²) in [5.74, 6) is -0.889. The van der Waals surface area contributed by atoms with Gasteiger partial charge in [-0.15, -0.1) is 11.3 Å². The average Bonchev–Trinajstić information content (AvgIpc) is 2.90. The van der Waals surface area contributed by atoms with Crippen molar-refractivity contribution < 1.29 is 14.7 Å². The largest absolute Gasteiger partial charge is 0.481 e. The van der Waals surface area contributed by atoms with Crippen LogP contribution in [0.4, 0.5) is 10.5 Å². The third-order valence-electron chi connectivity index (χ3n) is 3.30. The summed E-state index contributed by atoms with van der Waals surface area (Å²) in [5, 5.41) is 17.3. The number of rotatable bonds is 6. The lowest BCUT2D eigenvalue weighted by molar-refractivity contribution is -0.138. The van der Waals surface area contributed by atoms with E-state index < -0.39 is 5.97 Å². The number of amides is 2. The summed E-state index contributed by atoms with van der Waals surface area (Å²) in [5.41, 5.74) is 0.727. The Morgan fingerprint density at radius 3 is 2.86 bits per heavy atom. The van der Waals surface area contributed by atoms with Crippen LogP contribution in [0.1, 0.15) is 19.8 Å². The molecule has 2 amide bonds. The predicted molar refractivity (Wildman–Crippen MR) is 84.9 cm³/mol. The van der Waals surface area contributed by atoms with Gasteiger partial charge in [0.25, 0.3) is 0 Å². The maximum Gasteiger partial charge on any atom is 0.319 e. The molecular weight excluding hydrogens is 288 g/mol. The number of carbonyl (C=O) groups is 2. The minimum Gasteiger partial charge on any atom is -0.481 e. The molecule has 1 unspecified atom stereocenters. The molecular formula is C15H18N2O3S. The van der Waals surface area contributed by atoms with E-state index in [0.717, 1.165) is 11.1 Å². The fourth-order valence-corrected chi connectivity index (χ4v) is 2.84. The molecule has 0 spiro atoms. The lowest BCUT2D eigenvalue weighted by atomic mass is 10.0. The average molecular weight is 306 g/mol. The van der Waals surface area contributed by atoms with Gasteiger partial charge >= 0.3 is 12.0 Å². The molecule has 0 aliphatic heterocycles. The fourth-order valence-electron chi connectivity index (χ4n) is 2.06. The number of carboxylic acid groups (broad SMARTS) is 1. The van der Waals surface area contributed by atoms with E-state index in [4.69, 9.17) is 5.11 Å². The van der Waals surface area contributed by atoms with Gasteiger partial charge in [-0.25, -0.2) is 4.79 Å². The van der Waals surface area contributed by atoms with E-state index >= 15 is 0 Å². The molecule has 1 aromatic heterocycles. The van der Waals surface area contributed by atoms with Crippen molar-refractivity contribution in [3.8, 4) is 0 Å². The van der Waals surface area contributed by atoms with Gasteiger partial charge in [-0.1, -0.05) is 13.3 Å². The van der Waals surface area contributed by atoms with Gasteiger partial charge in [0.05, 0.1) is 0 Å². The van der Waals surface area contributed by atoms with Gasteiger partial charge in [0, 0.05) is 23.4 Å². The Bertz CT molecular complexity index is 639. The summed E-state index contributed by atoms with van der Waals surface area (Å²) in [6, 6.07) is 7.43. The van der Waals surface area contributed by atoms with Gasteiger partial charge in [0.2, 0.25) is 0 Å². The third kappa shape index (κ3) is 4.46. The molecule has 0 fully saturated rings. The number of carbonyl (C=O) groups excluding carboxylic acids is 1. The number of nitrogens with one attached hydrogen (secondary N) is 2. The zero-order valence-corrected chi connectivity index (χ0v) is 12.6. The monoisotopic (exact) mass is 306 g/mol. The molecule has 112 valence electrons. The quantitative estimate of drug-likeness (QED) is 0.764. The van der Waals surface area contributed by atoms with Gasteiger partial charge in [0.15, 0.2) is 0 Å². The van der Waals surface area contributed by atoms with Crippen LogP contribution >= 0.6 is 11.3 Å². The molecule has 1 atom stereocenters. The number of fused-ring (bicyclic) bond motifs is 1. The number of thiophene rings is 1. The molecule has 0 saturated heterocycles. The van der Waals surface area contributed by atoms with Crippen molar-refractivity contribution in [2.45, 2.75) is 19.8 Å². The molecule has 6 heteroatoms. The van der Waals surface area contributed by atoms with Gasteiger partial charge in [-0.2, -0.15) is 0 Å². The number of carboxylic acids is 1. The second-order valence-corrected chi connectivity index (χ2v) is 5.83. The minimum absolute atomic E-state index is 0.0485. The van der Waals surface area contributed by atoms with Crippen LogP contribution in [0.3, 0.4) is 0 Å². The second-order valence-electron chi connectivity index (χ2n) is 4.88. The van der Waals surface area contributed by atoms with Crippen molar-refractivity contribution in [1.82, 2.24) is 5.32 Å². The van der Waals surface area contributed by atoms with Crippen LogP contribution in [-0.2, 0) is 4.79 Å². The van der Waals surface area contributed by atoms with Crippen LogP contribution < -0.4 is 10.6 Å². The zero-order valence-electron chi connectivity index (χ0n) is 11.8. The highest BCUT2D eigenvalue weighted by atomic mass is 32.1. The van der Waals surface area contributed by atoms with Crippen LogP contribution in [0.5, 0.6) is 0 Å². The Kier molecular flexibility index (Phi) is 5.16. The molecule has 1 heterocycles. The molecule has 0 aliphatic rings. The molecule has 0 radical (unpaired) electrons. The van der Waals surface area contributed by atoms with Gasteiger partial charge in [0.1, 0.15) is 0 Å². The lowest BCUT2D eigenvalue weighted by Crippen LogP contribution is -2.33. The van der Waals surface area contributed by atoms with Gasteiger partial charge in [-0.05, 0) is 40.9 Å². The molecule has 1 aromatic carbocycles. The van der Waals surface area contributed by atoms with Gasteiger partial charge in [-0.3, -0.25) is 4.79 Å². The van der Waals surface area contributed by atoms with E-state index in [1.54, 1.807) is 11.3 Å². The maximum atomic E-state index is 11.8. The maximum absolute atomic E-state index is 11.8. The standard InChI is InChI=1S/C15H18N2O3S/c1-2-10(7-14(18)19)9-16-15(20)17-12-3-4-13-11(8-12)5-6-21-13/h3-6,8,10H,2,7,9H2,1H3,(H,18,19)(H2,16,17,20). The van der Waals surface area contributed by atoms with E-state index in [2.05, 4.69) is 10.6 Å². The molecule has 0 saturated carbocycles. The molecule has 3 N–H and O–H groups in total. The number of anilines is 1. The van der Waals surface area contributed by atoms with Crippen LogP contribution in [0.25, 0.3) is 10.1 Å². The summed E-state index contributed by atoms with van der Waals surface area (Å²) in [7, 11) is 0. The van der Waals surface area contributed by atoms with Crippen molar-refractivity contribution in [3.05, 3.63) is 29.6 Å². The third-order valence-corrected chi connectivity index (χ3v) is 4.20. The Morgan fingerprint density at radius 2 is 2.14 bits per heavy atom. The van der Waals surface area contributed by atoms with Crippen molar-refractivity contribution in [2.75, 3.05) is 11.9 Å².